The van der Waals surface area contributed by atoms with E-state index in [9.17, 15) is 18.7 Å². The molecule has 16 heteroatoms. The summed E-state index contributed by atoms with van der Waals surface area (Å²) in [5.41, 5.74) is 0. The van der Waals surface area contributed by atoms with Gasteiger partial charge in [-0.05, 0) is 27.7 Å². The maximum atomic E-state index is 12.5. The second-order valence-electron chi connectivity index (χ2n) is 5.75. The summed E-state index contributed by atoms with van der Waals surface area (Å²) in [7, 11) is -8.07. The molecule has 2 N–H and O–H groups in total. The second kappa shape index (κ2) is 16.7. The van der Waals surface area contributed by atoms with Gasteiger partial charge in [-0.1, -0.05) is 0 Å². The van der Waals surface area contributed by atoms with Crippen molar-refractivity contribution in [3.05, 3.63) is 0 Å². The molecule has 0 spiro atoms. The van der Waals surface area contributed by atoms with Gasteiger partial charge < -0.3 is 19.7 Å². The van der Waals surface area contributed by atoms with E-state index < -0.39 is 39.8 Å². The van der Waals surface area contributed by atoms with Gasteiger partial charge in [0.2, 0.25) is 0 Å². The van der Waals surface area contributed by atoms with Gasteiger partial charge in [-0.15, -0.1) is 0 Å². The molecule has 0 aromatic rings. The molecule has 4 atom stereocenters. The van der Waals surface area contributed by atoms with E-state index in [0.29, 0.717) is 0 Å². The van der Waals surface area contributed by atoms with Crippen LogP contribution in [0.3, 0.4) is 0 Å². The van der Waals surface area contributed by atoms with Gasteiger partial charge in [0.1, 0.15) is 25.4 Å². The predicted octanol–water partition coefficient (Wildman–Crippen LogP) is 1.19. The number of aliphatic hydroxyl groups excluding tert-OH is 2. The highest BCUT2D eigenvalue weighted by molar-refractivity contribution is 7.48. The number of phosphoric acid groups is 2. The monoisotopic (exact) mass is 510 g/mol. The molecular weight excluding hydrogens is 478 g/mol. The molecule has 0 aromatic heterocycles. The van der Waals surface area contributed by atoms with Gasteiger partial charge in [0.15, 0.2) is 0 Å². The van der Waals surface area contributed by atoms with E-state index in [1.54, 1.807) is 13.8 Å². The fourth-order valence-electron chi connectivity index (χ4n) is 1.66. The van der Waals surface area contributed by atoms with Crippen molar-refractivity contribution in [1.82, 2.24) is 0 Å². The smallest absolute Gasteiger partial charge is 0.461 e. The molecule has 0 saturated heterocycles. The summed E-state index contributed by atoms with van der Waals surface area (Å²) in [5, 5.41) is 18.0. The SMILES string of the molecule is CCOP(=O)(OCCOC(=O)C(C)O)OCCOP(=O)(OCC)OCCOC(=O)C(C)O. The highest BCUT2D eigenvalue weighted by atomic mass is 31.2. The van der Waals surface area contributed by atoms with Crippen molar-refractivity contribution in [3.8, 4) is 0 Å². The molecule has 190 valence electrons. The number of carbonyl (C=O) groups is 2. The van der Waals surface area contributed by atoms with Crippen LogP contribution in [-0.2, 0) is 55.3 Å². The number of carbonyl (C=O) groups excluding carboxylic acids is 2. The average Bonchev–Trinajstić information content (AvgIpc) is 2.72. The van der Waals surface area contributed by atoms with Crippen molar-refractivity contribution >= 4 is 27.6 Å². The fourth-order valence-corrected chi connectivity index (χ4v) is 3.93. The van der Waals surface area contributed by atoms with E-state index in [1.165, 1.54) is 13.8 Å². The van der Waals surface area contributed by atoms with E-state index >= 15 is 0 Å². The molecule has 32 heavy (non-hydrogen) atoms. The highest BCUT2D eigenvalue weighted by Crippen LogP contribution is 2.51. The summed E-state index contributed by atoms with van der Waals surface area (Å²) in [6.45, 7) is 3.48. The number of rotatable bonds is 19. The molecular formula is C16H32O14P2. The summed E-state index contributed by atoms with van der Waals surface area (Å²) in [4.78, 5) is 22.3. The Bertz CT molecular complexity index is 584. The van der Waals surface area contributed by atoms with Gasteiger partial charge in [-0.3, -0.25) is 27.1 Å². The van der Waals surface area contributed by atoms with Crippen LogP contribution in [0.2, 0.25) is 0 Å². The van der Waals surface area contributed by atoms with Crippen LogP contribution in [0.4, 0.5) is 0 Å². The molecule has 0 aliphatic heterocycles. The summed E-state index contributed by atoms with van der Waals surface area (Å²) in [6.07, 6.45) is -2.62. The Hall–Kier alpha value is -0.920. The molecule has 0 radical (unpaired) electrons. The Kier molecular flexibility index (Phi) is 16.2. The largest absolute Gasteiger partial charge is 0.474 e. The summed E-state index contributed by atoms with van der Waals surface area (Å²) in [6, 6.07) is 0. The van der Waals surface area contributed by atoms with Gasteiger partial charge in [0.05, 0.1) is 39.6 Å². The van der Waals surface area contributed by atoms with Gasteiger partial charge in [0.25, 0.3) is 0 Å². The summed E-state index contributed by atoms with van der Waals surface area (Å²) >= 11 is 0. The van der Waals surface area contributed by atoms with E-state index in [2.05, 4.69) is 9.47 Å². The Morgan fingerprint density at radius 3 is 1.16 bits per heavy atom. The van der Waals surface area contributed by atoms with Crippen LogP contribution in [0, 0.1) is 0 Å². The first-order valence-electron chi connectivity index (χ1n) is 9.75. The highest BCUT2D eigenvalue weighted by Gasteiger charge is 2.29. The van der Waals surface area contributed by atoms with Gasteiger partial charge in [0, 0.05) is 0 Å². The third-order valence-corrected chi connectivity index (χ3v) is 6.14. The molecule has 0 saturated carbocycles. The summed E-state index contributed by atoms with van der Waals surface area (Å²) < 4.78 is 64.2. The quantitative estimate of drug-likeness (QED) is 0.143. The summed E-state index contributed by atoms with van der Waals surface area (Å²) in [5.74, 6) is -1.75. The average molecular weight is 510 g/mol. The maximum absolute atomic E-state index is 12.5. The number of phosphoric ester groups is 2. The first kappa shape index (κ1) is 31.1. The number of esters is 2. The Balaban J connectivity index is 4.46. The minimum atomic E-state index is -4.03. The van der Waals surface area contributed by atoms with Crippen LogP contribution in [0.1, 0.15) is 27.7 Å². The Labute approximate surface area is 186 Å². The van der Waals surface area contributed by atoms with Crippen LogP contribution in [0.15, 0.2) is 0 Å². The lowest BCUT2D eigenvalue weighted by Crippen LogP contribution is -2.21. The number of hydrogen-bond donors (Lipinski definition) is 2. The minimum Gasteiger partial charge on any atom is -0.461 e. The molecule has 0 fully saturated rings. The third-order valence-electron chi connectivity index (χ3n) is 2.99. The lowest BCUT2D eigenvalue weighted by atomic mass is 10.4. The van der Waals surface area contributed by atoms with Gasteiger partial charge in [-0.2, -0.15) is 0 Å². The van der Waals surface area contributed by atoms with Gasteiger partial charge in [-0.25, -0.2) is 18.7 Å². The molecule has 4 unspecified atom stereocenters. The van der Waals surface area contributed by atoms with E-state index in [0.717, 1.165) is 0 Å². The zero-order valence-corrected chi connectivity index (χ0v) is 20.3. The first-order valence-corrected chi connectivity index (χ1v) is 12.7. The molecule has 0 rings (SSSR count). The lowest BCUT2D eigenvalue weighted by Gasteiger charge is -2.19. The number of ether oxygens (including phenoxy) is 2. The third kappa shape index (κ3) is 14.3. The van der Waals surface area contributed by atoms with E-state index in [-0.39, 0.29) is 52.9 Å². The zero-order valence-electron chi connectivity index (χ0n) is 18.5. The van der Waals surface area contributed by atoms with Crippen molar-refractivity contribution < 1.29 is 65.5 Å². The predicted molar refractivity (Wildman–Crippen MR) is 108 cm³/mol. The molecule has 0 heterocycles. The molecule has 0 aliphatic rings. The molecule has 0 aromatic carbocycles. The van der Waals surface area contributed by atoms with Crippen LogP contribution in [0.5, 0.6) is 0 Å². The van der Waals surface area contributed by atoms with Crippen molar-refractivity contribution in [2.24, 2.45) is 0 Å². The van der Waals surface area contributed by atoms with Crippen molar-refractivity contribution in [3.63, 3.8) is 0 Å². The molecule has 14 nitrogen and oxygen atoms in total. The van der Waals surface area contributed by atoms with Crippen molar-refractivity contribution in [2.45, 2.75) is 39.9 Å². The van der Waals surface area contributed by atoms with Crippen LogP contribution >= 0.6 is 15.6 Å². The molecule has 0 amide bonds. The standard InChI is InChI=1S/C16H32O14P2/c1-5-25-31(21,27-9-7-23-15(19)13(3)17)29-11-12-30-32(22,26-6-2)28-10-8-24-16(20)14(4)18/h13-14,17-18H,5-12H2,1-4H3. The maximum Gasteiger partial charge on any atom is 0.474 e. The van der Waals surface area contributed by atoms with Crippen molar-refractivity contribution in [1.29, 1.82) is 0 Å². The fraction of sp³-hybridized carbons (Fsp3) is 0.875. The zero-order chi connectivity index (χ0) is 24.6. The first-order chi connectivity index (χ1) is 15.0. The molecule has 0 aliphatic carbocycles. The second-order valence-corrected chi connectivity index (χ2v) is 9.09. The lowest BCUT2D eigenvalue weighted by molar-refractivity contribution is -0.154. The van der Waals surface area contributed by atoms with E-state index in [4.69, 9.17) is 37.4 Å². The van der Waals surface area contributed by atoms with Crippen LogP contribution in [0.25, 0.3) is 0 Å². The van der Waals surface area contributed by atoms with Gasteiger partial charge >= 0.3 is 27.6 Å². The topological polar surface area (TPSA) is 183 Å². The van der Waals surface area contributed by atoms with E-state index in [1.807, 2.05) is 0 Å². The van der Waals surface area contributed by atoms with Crippen LogP contribution < -0.4 is 0 Å². The minimum absolute atomic E-state index is 0.0165. The van der Waals surface area contributed by atoms with Crippen LogP contribution in [-0.4, -0.2) is 87.2 Å². The number of hydrogen-bond acceptors (Lipinski definition) is 14. The molecule has 0 bridgehead atoms. The Morgan fingerprint density at radius 1 is 0.625 bits per heavy atom. The van der Waals surface area contributed by atoms with Crippen molar-refractivity contribution in [2.75, 3.05) is 52.9 Å². The Morgan fingerprint density at radius 2 is 0.906 bits per heavy atom. The number of aliphatic hydroxyl groups is 2. The normalized spacial score (nSPS) is 17.1.